The Hall–Kier alpha value is -2.18. The lowest BCUT2D eigenvalue weighted by molar-refractivity contribution is -0.139. The Labute approximate surface area is 133 Å². The first-order valence-electron chi connectivity index (χ1n) is 7.25. The van der Waals surface area contributed by atoms with Gasteiger partial charge < -0.3 is 15.2 Å². The Balaban J connectivity index is 2.57. The van der Waals surface area contributed by atoms with Crippen LogP contribution in [-0.2, 0) is 16.0 Å². The van der Waals surface area contributed by atoms with Crippen LogP contribution in [0.15, 0.2) is 18.2 Å². The third-order valence-corrected chi connectivity index (χ3v) is 2.97. The average Bonchev–Trinajstić information content (AvgIpc) is 2.38. The molecule has 0 aliphatic rings. The maximum atomic E-state index is 13.5. The molecule has 1 aromatic rings. The van der Waals surface area contributed by atoms with E-state index in [0.29, 0.717) is 0 Å². The average molecular weight is 329 g/mol. The van der Waals surface area contributed by atoms with Crippen molar-refractivity contribution in [1.82, 2.24) is 5.32 Å². The molecule has 0 unspecified atom stereocenters. The number of carbonyl (C=O) groups is 2. The number of carbonyl (C=O) groups excluding carboxylic acids is 1. The second-order valence-corrected chi connectivity index (χ2v) is 6.13. The van der Waals surface area contributed by atoms with Gasteiger partial charge >= 0.3 is 12.1 Å². The number of carboxylic acid groups (broad SMARTS) is 1. The molecule has 0 aliphatic heterocycles. The summed E-state index contributed by atoms with van der Waals surface area (Å²) < 4.78 is 32.0. The Morgan fingerprint density at radius 1 is 1.26 bits per heavy atom. The van der Waals surface area contributed by atoms with Crippen molar-refractivity contribution in [2.75, 3.05) is 0 Å². The van der Waals surface area contributed by atoms with Crippen molar-refractivity contribution in [2.45, 2.75) is 51.7 Å². The fourth-order valence-corrected chi connectivity index (χ4v) is 1.96. The molecule has 0 radical (unpaired) electrons. The molecule has 0 aromatic heterocycles. The van der Waals surface area contributed by atoms with E-state index in [4.69, 9.17) is 9.84 Å². The van der Waals surface area contributed by atoms with E-state index < -0.39 is 35.3 Å². The van der Waals surface area contributed by atoms with Gasteiger partial charge in [0.05, 0.1) is 0 Å². The summed E-state index contributed by atoms with van der Waals surface area (Å²) in [6, 6.07) is 2.37. The zero-order chi connectivity index (χ0) is 17.6. The van der Waals surface area contributed by atoms with Gasteiger partial charge in [0.15, 0.2) is 0 Å². The van der Waals surface area contributed by atoms with Crippen molar-refractivity contribution in [1.29, 1.82) is 0 Å². The van der Waals surface area contributed by atoms with Crippen molar-refractivity contribution in [3.8, 4) is 0 Å². The Morgan fingerprint density at radius 2 is 1.83 bits per heavy atom. The van der Waals surface area contributed by atoms with E-state index in [1.54, 1.807) is 20.8 Å². The first-order valence-corrected chi connectivity index (χ1v) is 7.25. The quantitative estimate of drug-likeness (QED) is 0.840. The van der Waals surface area contributed by atoms with E-state index in [9.17, 15) is 18.4 Å². The van der Waals surface area contributed by atoms with E-state index in [2.05, 4.69) is 5.32 Å². The molecule has 0 spiro atoms. The van der Waals surface area contributed by atoms with E-state index >= 15 is 0 Å². The minimum absolute atomic E-state index is 0.0301. The number of nitrogens with one attached hydrogen (secondary N) is 1. The molecule has 23 heavy (non-hydrogen) atoms. The van der Waals surface area contributed by atoms with Crippen LogP contribution in [0, 0.1) is 11.6 Å². The normalized spacial score (nSPS) is 12.6. The summed E-state index contributed by atoms with van der Waals surface area (Å²) >= 11 is 0. The summed E-state index contributed by atoms with van der Waals surface area (Å²) in [4.78, 5) is 22.8. The molecule has 1 amide bonds. The predicted octanol–water partition coefficient (Wildman–Crippen LogP) is 3.27. The van der Waals surface area contributed by atoms with E-state index in [-0.39, 0.29) is 24.8 Å². The summed E-state index contributed by atoms with van der Waals surface area (Å²) in [5.74, 6) is -2.57. The van der Waals surface area contributed by atoms with Crippen LogP contribution in [0.1, 0.15) is 39.2 Å². The Bertz CT molecular complexity index is 549. The van der Waals surface area contributed by atoms with Gasteiger partial charge in [0.2, 0.25) is 0 Å². The van der Waals surface area contributed by atoms with Crippen LogP contribution >= 0.6 is 0 Å². The largest absolute Gasteiger partial charge is 0.480 e. The number of hydrogen-bond donors (Lipinski definition) is 2. The fourth-order valence-electron chi connectivity index (χ4n) is 1.96. The number of carboxylic acids is 1. The van der Waals surface area contributed by atoms with Crippen LogP contribution in [0.3, 0.4) is 0 Å². The summed E-state index contributed by atoms with van der Waals surface area (Å²) in [6.07, 6.45) is -0.576. The SMILES string of the molecule is CC(C)(C)OC(=O)N[C@H](CCCc1c(F)cccc1F)C(=O)O. The third-order valence-electron chi connectivity index (χ3n) is 2.97. The highest BCUT2D eigenvalue weighted by atomic mass is 19.1. The molecule has 1 aromatic carbocycles. The highest BCUT2D eigenvalue weighted by molar-refractivity contribution is 5.79. The number of benzene rings is 1. The maximum absolute atomic E-state index is 13.5. The van der Waals surface area contributed by atoms with Gasteiger partial charge in [-0.15, -0.1) is 0 Å². The summed E-state index contributed by atoms with van der Waals surface area (Å²) in [7, 11) is 0. The van der Waals surface area contributed by atoms with E-state index in [0.717, 1.165) is 12.1 Å². The van der Waals surface area contributed by atoms with Crippen LogP contribution < -0.4 is 5.32 Å². The van der Waals surface area contributed by atoms with Gasteiger partial charge in [0.25, 0.3) is 0 Å². The van der Waals surface area contributed by atoms with Crippen LogP contribution in [0.2, 0.25) is 0 Å². The smallest absolute Gasteiger partial charge is 0.408 e. The molecule has 0 aliphatic carbocycles. The summed E-state index contributed by atoms with van der Waals surface area (Å²) in [5.41, 5.74) is -0.836. The summed E-state index contributed by atoms with van der Waals surface area (Å²) in [5, 5.41) is 11.3. The molecule has 0 heterocycles. The van der Waals surface area contributed by atoms with Crippen LogP contribution in [-0.4, -0.2) is 28.8 Å². The van der Waals surface area contributed by atoms with Crippen molar-refractivity contribution < 1.29 is 28.2 Å². The van der Waals surface area contributed by atoms with Crippen molar-refractivity contribution in [2.24, 2.45) is 0 Å². The second kappa shape index (κ2) is 7.89. The zero-order valence-corrected chi connectivity index (χ0v) is 13.4. The zero-order valence-electron chi connectivity index (χ0n) is 13.4. The van der Waals surface area contributed by atoms with Crippen LogP contribution in [0.4, 0.5) is 13.6 Å². The van der Waals surface area contributed by atoms with Crippen molar-refractivity contribution in [3.63, 3.8) is 0 Å². The van der Waals surface area contributed by atoms with Gasteiger partial charge in [-0.05, 0) is 52.2 Å². The Kier molecular flexibility index (Phi) is 6.48. The monoisotopic (exact) mass is 329 g/mol. The highest BCUT2D eigenvalue weighted by Crippen LogP contribution is 2.16. The molecule has 1 rings (SSSR count). The molecule has 0 saturated heterocycles. The summed E-state index contributed by atoms with van der Waals surface area (Å²) in [6.45, 7) is 4.97. The minimum atomic E-state index is -1.23. The van der Waals surface area contributed by atoms with Crippen molar-refractivity contribution >= 4 is 12.1 Å². The van der Waals surface area contributed by atoms with Gasteiger partial charge in [-0.2, -0.15) is 0 Å². The maximum Gasteiger partial charge on any atom is 0.408 e. The molecule has 5 nitrogen and oxygen atoms in total. The predicted molar refractivity (Wildman–Crippen MR) is 80.1 cm³/mol. The highest BCUT2D eigenvalue weighted by Gasteiger charge is 2.23. The lowest BCUT2D eigenvalue weighted by Gasteiger charge is -2.22. The van der Waals surface area contributed by atoms with Crippen LogP contribution in [0.5, 0.6) is 0 Å². The number of alkyl carbamates (subject to hydrolysis) is 1. The lowest BCUT2D eigenvalue weighted by Crippen LogP contribution is -2.43. The minimum Gasteiger partial charge on any atom is -0.480 e. The first-order chi connectivity index (χ1) is 10.6. The Morgan fingerprint density at radius 3 is 2.30 bits per heavy atom. The van der Waals surface area contributed by atoms with E-state index in [1.165, 1.54) is 6.07 Å². The second-order valence-electron chi connectivity index (χ2n) is 6.13. The molecule has 128 valence electrons. The number of hydrogen-bond acceptors (Lipinski definition) is 3. The number of aliphatic carboxylic acids is 1. The molecule has 0 saturated carbocycles. The van der Waals surface area contributed by atoms with Gasteiger partial charge in [-0.25, -0.2) is 18.4 Å². The topological polar surface area (TPSA) is 75.6 Å². The van der Waals surface area contributed by atoms with Gasteiger partial charge in [-0.3, -0.25) is 0 Å². The number of halogens is 2. The molecular formula is C16H21F2NO4. The molecule has 0 fully saturated rings. The molecular weight excluding hydrogens is 308 g/mol. The molecule has 0 bridgehead atoms. The number of amides is 1. The van der Waals surface area contributed by atoms with Gasteiger partial charge in [0.1, 0.15) is 23.3 Å². The van der Waals surface area contributed by atoms with Crippen LogP contribution in [0.25, 0.3) is 0 Å². The van der Waals surface area contributed by atoms with E-state index in [1.807, 2.05) is 0 Å². The number of rotatable bonds is 6. The fraction of sp³-hybridized carbons (Fsp3) is 0.500. The van der Waals surface area contributed by atoms with Gasteiger partial charge in [-0.1, -0.05) is 6.07 Å². The molecule has 2 N–H and O–H groups in total. The lowest BCUT2D eigenvalue weighted by atomic mass is 10.0. The standard InChI is InChI=1S/C16H21F2NO4/c1-16(2,3)23-15(22)19-13(14(20)21)9-4-6-10-11(17)7-5-8-12(10)18/h5,7-8,13H,4,6,9H2,1-3H3,(H,19,22)(H,20,21)/t13-/m1/s1. The van der Waals surface area contributed by atoms with Crippen molar-refractivity contribution in [3.05, 3.63) is 35.4 Å². The molecule has 1 atom stereocenters. The number of ether oxygens (including phenoxy) is 1. The van der Waals surface area contributed by atoms with Gasteiger partial charge in [0, 0.05) is 5.56 Å². The molecule has 7 heteroatoms. The first kappa shape index (κ1) is 18.9. The third kappa shape index (κ3) is 6.63.